The van der Waals surface area contributed by atoms with E-state index in [4.69, 9.17) is 26.8 Å². The average molecular weight is 301 g/mol. The van der Waals surface area contributed by atoms with Gasteiger partial charge in [0.05, 0.1) is 19.2 Å². The number of nitrogens with zero attached hydrogens (tertiary/aromatic N) is 1. The molecule has 0 aromatic heterocycles. The average Bonchev–Trinajstić information content (AvgIpc) is 2.79. The molecule has 3 N–H and O–H groups in total. The van der Waals surface area contributed by atoms with Gasteiger partial charge in [0.25, 0.3) is 0 Å². The second-order valence-electron chi connectivity index (χ2n) is 5.15. The highest BCUT2D eigenvalue weighted by molar-refractivity contribution is 6.32. The Labute approximate surface area is 124 Å². The molecule has 20 heavy (non-hydrogen) atoms. The number of hydrogen-bond acceptors (Lipinski definition) is 5. The van der Waals surface area contributed by atoms with E-state index in [0.29, 0.717) is 34.5 Å². The summed E-state index contributed by atoms with van der Waals surface area (Å²) in [5.41, 5.74) is 6.43. The molecule has 1 fully saturated rings. The van der Waals surface area contributed by atoms with E-state index in [0.717, 1.165) is 13.0 Å². The van der Waals surface area contributed by atoms with Crippen LogP contribution in [0.1, 0.15) is 18.0 Å². The summed E-state index contributed by atoms with van der Waals surface area (Å²) in [6.07, 6.45) is 0.871. The van der Waals surface area contributed by atoms with Gasteiger partial charge in [-0.2, -0.15) is 0 Å². The summed E-state index contributed by atoms with van der Waals surface area (Å²) >= 11 is 6.33. The van der Waals surface area contributed by atoms with Crippen molar-refractivity contribution in [1.29, 1.82) is 0 Å². The van der Waals surface area contributed by atoms with Crippen LogP contribution in [0.5, 0.6) is 17.2 Å². The van der Waals surface area contributed by atoms with Crippen molar-refractivity contribution in [3.8, 4) is 17.2 Å². The topological polar surface area (TPSA) is 68.0 Å². The predicted octanol–water partition coefficient (Wildman–Crippen LogP) is 2.01. The summed E-state index contributed by atoms with van der Waals surface area (Å²) < 4.78 is 10.4. The first-order chi connectivity index (χ1) is 9.53. The Morgan fingerprint density at radius 2 is 2.15 bits per heavy atom. The van der Waals surface area contributed by atoms with Crippen molar-refractivity contribution in [2.45, 2.75) is 12.5 Å². The zero-order valence-electron chi connectivity index (χ0n) is 12.0. The van der Waals surface area contributed by atoms with Gasteiger partial charge >= 0.3 is 0 Å². The van der Waals surface area contributed by atoms with Crippen LogP contribution in [0.15, 0.2) is 6.07 Å². The monoisotopic (exact) mass is 300 g/mol. The van der Waals surface area contributed by atoms with Crippen LogP contribution in [0.25, 0.3) is 0 Å². The van der Waals surface area contributed by atoms with E-state index in [-0.39, 0.29) is 11.8 Å². The largest absolute Gasteiger partial charge is 0.504 e. The Bertz CT molecular complexity index is 496. The van der Waals surface area contributed by atoms with E-state index in [1.165, 1.54) is 14.2 Å². The van der Waals surface area contributed by atoms with Gasteiger partial charge in [0, 0.05) is 24.2 Å². The molecule has 1 aliphatic heterocycles. The molecule has 0 saturated carbocycles. The van der Waals surface area contributed by atoms with Crippen molar-refractivity contribution in [2.75, 3.05) is 34.4 Å². The van der Waals surface area contributed by atoms with E-state index in [9.17, 15) is 5.11 Å². The fraction of sp³-hybridized carbons (Fsp3) is 0.571. The lowest BCUT2D eigenvalue weighted by Crippen LogP contribution is -2.20. The number of halogens is 1. The number of rotatable bonds is 4. The van der Waals surface area contributed by atoms with Gasteiger partial charge in [-0.15, -0.1) is 0 Å². The van der Waals surface area contributed by atoms with Crippen molar-refractivity contribution >= 4 is 11.6 Å². The standard InChI is InChI=1S/C14H21ClN2O3/c1-17-7-8(6-16)4-10(17)12-9(15)5-11(19-2)14(20-3)13(12)18/h5,8,10,18H,4,6-7,16H2,1-3H3. The molecule has 112 valence electrons. The van der Waals surface area contributed by atoms with Gasteiger partial charge in [-0.1, -0.05) is 11.6 Å². The molecule has 6 heteroatoms. The molecule has 5 nitrogen and oxygen atoms in total. The van der Waals surface area contributed by atoms with Crippen molar-refractivity contribution in [1.82, 2.24) is 4.90 Å². The molecule has 0 spiro atoms. The second-order valence-corrected chi connectivity index (χ2v) is 5.56. The lowest BCUT2D eigenvalue weighted by Gasteiger charge is -2.23. The van der Waals surface area contributed by atoms with E-state index in [2.05, 4.69) is 4.90 Å². The minimum absolute atomic E-state index is 0.0378. The van der Waals surface area contributed by atoms with Crippen LogP contribution in [-0.2, 0) is 0 Å². The lowest BCUT2D eigenvalue weighted by molar-refractivity contribution is 0.295. The molecule has 0 radical (unpaired) electrons. The molecule has 2 unspecified atom stereocenters. The molecule has 1 heterocycles. The highest BCUT2D eigenvalue weighted by Gasteiger charge is 2.34. The van der Waals surface area contributed by atoms with Gasteiger partial charge in [0.15, 0.2) is 11.5 Å². The first-order valence-electron chi connectivity index (χ1n) is 6.57. The Balaban J connectivity index is 2.47. The number of methoxy groups -OCH3 is 2. The molecule has 0 aliphatic carbocycles. The molecule has 0 amide bonds. The third-order valence-corrected chi connectivity index (χ3v) is 4.25. The third-order valence-electron chi connectivity index (χ3n) is 3.93. The molecule has 1 aliphatic rings. The molecule has 1 aromatic rings. The Hall–Kier alpha value is -1.17. The van der Waals surface area contributed by atoms with Gasteiger partial charge in [-0.3, -0.25) is 4.90 Å². The van der Waals surface area contributed by atoms with E-state index < -0.39 is 0 Å². The Morgan fingerprint density at radius 3 is 2.65 bits per heavy atom. The molecular weight excluding hydrogens is 280 g/mol. The summed E-state index contributed by atoms with van der Waals surface area (Å²) in [4.78, 5) is 2.16. The molecule has 0 bridgehead atoms. The summed E-state index contributed by atoms with van der Waals surface area (Å²) in [7, 11) is 5.02. The third kappa shape index (κ3) is 2.53. The first kappa shape index (κ1) is 15.2. The zero-order chi connectivity index (χ0) is 14.9. The minimum atomic E-state index is 0.0378. The first-order valence-corrected chi connectivity index (χ1v) is 6.94. The number of hydrogen-bond donors (Lipinski definition) is 2. The summed E-state index contributed by atoms with van der Waals surface area (Å²) in [6, 6.07) is 1.72. The Kier molecular flexibility index (Phi) is 4.62. The molecular formula is C14H21ClN2O3. The molecule has 2 atom stereocenters. The number of phenolic OH excluding ortho intramolecular Hbond substituents is 1. The number of aromatic hydroxyl groups is 1. The van der Waals surface area contributed by atoms with Gasteiger partial charge in [0.1, 0.15) is 0 Å². The number of benzene rings is 1. The summed E-state index contributed by atoms with van der Waals surface area (Å²) in [6.45, 7) is 1.53. The van der Waals surface area contributed by atoms with Crippen LogP contribution >= 0.6 is 11.6 Å². The van der Waals surface area contributed by atoms with Gasteiger partial charge in [-0.25, -0.2) is 0 Å². The van der Waals surface area contributed by atoms with E-state index in [1.54, 1.807) is 6.07 Å². The van der Waals surface area contributed by atoms with Crippen LogP contribution in [0.3, 0.4) is 0 Å². The number of phenols is 1. The van der Waals surface area contributed by atoms with Gasteiger partial charge < -0.3 is 20.3 Å². The van der Waals surface area contributed by atoms with Gasteiger partial charge in [0.2, 0.25) is 5.75 Å². The van der Waals surface area contributed by atoms with Crippen molar-refractivity contribution < 1.29 is 14.6 Å². The maximum Gasteiger partial charge on any atom is 0.203 e. The quantitative estimate of drug-likeness (QED) is 0.890. The number of likely N-dealkylation sites (tertiary alicyclic amines) is 1. The molecule has 1 aromatic carbocycles. The molecule has 2 rings (SSSR count). The van der Waals surface area contributed by atoms with Crippen LogP contribution in [-0.4, -0.2) is 44.4 Å². The predicted molar refractivity (Wildman–Crippen MR) is 78.8 cm³/mol. The zero-order valence-corrected chi connectivity index (χ0v) is 12.8. The SMILES string of the molecule is COc1cc(Cl)c(C2CC(CN)CN2C)c(O)c1OC. The van der Waals surface area contributed by atoms with E-state index >= 15 is 0 Å². The van der Waals surface area contributed by atoms with Crippen LogP contribution in [0.4, 0.5) is 0 Å². The molecule has 1 saturated heterocycles. The highest BCUT2D eigenvalue weighted by Crippen LogP contribution is 2.49. The maximum atomic E-state index is 10.5. The van der Waals surface area contributed by atoms with Crippen molar-refractivity contribution in [3.05, 3.63) is 16.7 Å². The smallest absolute Gasteiger partial charge is 0.203 e. The van der Waals surface area contributed by atoms with Crippen molar-refractivity contribution in [2.24, 2.45) is 11.7 Å². The number of ether oxygens (including phenoxy) is 2. The fourth-order valence-electron chi connectivity index (χ4n) is 2.89. The van der Waals surface area contributed by atoms with Crippen LogP contribution in [0.2, 0.25) is 5.02 Å². The summed E-state index contributed by atoms with van der Waals surface area (Å²) in [5, 5.41) is 11.0. The normalized spacial score (nSPS) is 23.1. The summed E-state index contributed by atoms with van der Waals surface area (Å²) in [5.74, 6) is 1.20. The maximum absolute atomic E-state index is 10.5. The van der Waals surface area contributed by atoms with E-state index in [1.807, 2.05) is 7.05 Å². The van der Waals surface area contributed by atoms with Gasteiger partial charge in [-0.05, 0) is 25.9 Å². The van der Waals surface area contributed by atoms with Crippen LogP contribution < -0.4 is 15.2 Å². The second kappa shape index (κ2) is 6.08. The van der Waals surface area contributed by atoms with Crippen molar-refractivity contribution in [3.63, 3.8) is 0 Å². The van der Waals surface area contributed by atoms with Crippen LogP contribution in [0, 0.1) is 5.92 Å². The highest BCUT2D eigenvalue weighted by atomic mass is 35.5. The lowest BCUT2D eigenvalue weighted by atomic mass is 9.98. The fourth-order valence-corrected chi connectivity index (χ4v) is 3.20. The Morgan fingerprint density at radius 1 is 1.45 bits per heavy atom. The number of nitrogens with two attached hydrogens (primary N) is 1. The minimum Gasteiger partial charge on any atom is -0.504 e.